The van der Waals surface area contributed by atoms with E-state index in [0.29, 0.717) is 24.9 Å². The molecule has 3 aliphatic carbocycles. The number of amides is 5. The van der Waals surface area contributed by atoms with Crippen LogP contribution in [0.4, 0.5) is 0 Å². The van der Waals surface area contributed by atoms with Crippen molar-refractivity contribution in [1.29, 1.82) is 0 Å². The highest BCUT2D eigenvalue weighted by molar-refractivity contribution is 6.75. The first-order valence-electron chi connectivity index (χ1n) is 34.9. The zero-order chi connectivity index (χ0) is 75.3. The van der Waals surface area contributed by atoms with E-state index >= 15 is 0 Å². The van der Waals surface area contributed by atoms with E-state index in [1.807, 2.05) is 37.4 Å². The largest absolute Gasteiger partial charge is 0.481 e. The summed E-state index contributed by atoms with van der Waals surface area (Å²) in [6.45, 7) is 45.4. The van der Waals surface area contributed by atoms with Gasteiger partial charge in [0.2, 0.25) is 17.7 Å². The van der Waals surface area contributed by atoms with Crippen LogP contribution in [0, 0.1) is 17.8 Å². The summed E-state index contributed by atoms with van der Waals surface area (Å²) in [6, 6.07) is 42.7. The van der Waals surface area contributed by atoms with Crippen molar-refractivity contribution in [3.8, 4) is 0 Å². The Bertz CT molecular complexity index is 2970. The van der Waals surface area contributed by atoms with Crippen LogP contribution in [0.25, 0.3) is 0 Å². The number of aliphatic carboxylic acids is 2. The molecule has 3 atom stereocenters. The summed E-state index contributed by atoms with van der Waals surface area (Å²) in [5.74, 6) is 2.40. The van der Waals surface area contributed by atoms with Gasteiger partial charge in [0.15, 0.2) is 25.0 Å². The molecule has 0 saturated heterocycles. The summed E-state index contributed by atoms with van der Waals surface area (Å²) in [7, 11) is -5.99. The summed E-state index contributed by atoms with van der Waals surface area (Å²) in [5, 5.41) is 16.2. The molecule has 3 aliphatic rings. The van der Waals surface area contributed by atoms with Crippen LogP contribution in [-0.4, -0.2) is 123 Å². The van der Waals surface area contributed by atoms with Crippen molar-refractivity contribution >= 4 is 66.4 Å². The molecular formula is C75H125N9O12Si3. The molecule has 0 aliphatic heterocycles. The quantitative estimate of drug-likeness (QED) is 0.0153. The zero-order valence-corrected chi connectivity index (χ0v) is 66.5. The Kier molecular flexibility index (Phi) is 37.1. The van der Waals surface area contributed by atoms with Crippen LogP contribution in [0.1, 0.15) is 171 Å². The summed E-state index contributed by atoms with van der Waals surface area (Å²) in [4.78, 5) is 85.1. The summed E-state index contributed by atoms with van der Waals surface area (Å²) >= 11 is 0. The van der Waals surface area contributed by atoms with Gasteiger partial charge in [0.05, 0.1) is 0 Å². The van der Waals surface area contributed by atoms with Gasteiger partial charge < -0.3 is 29.2 Å². The highest BCUT2D eigenvalue weighted by Gasteiger charge is 2.44. The Balaban J connectivity index is 0.000000456. The molecule has 0 unspecified atom stereocenters. The Labute approximate surface area is 596 Å². The van der Waals surface area contributed by atoms with E-state index in [-0.39, 0.29) is 68.4 Å². The van der Waals surface area contributed by atoms with E-state index in [4.69, 9.17) is 39.9 Å². The number of nitrogens with one attached hydrogen (secondary N) is 5. The minimum absolute atomic E-state index is 0.0110. The van der Waals surface area contributed by atoms with Crippen molar-refractivity contribution in [2.75, 3.05) is 0 Å². The maximum atomic E-state index is 12.7. The van der Waals surface area contributed by atoms with Gasteiger partial charge in [-0.25, -0.2) is 10.6 Å². The molecule has 0 aromatic heterocycles. The maximum absolute atomic E-state index is 12.7. The van der Waals surface area contributed by atoms with E-state index < -0.39 is 55.2 Å². The lowest BCUT2D eigenvalue weighted by atomic mass is 9.78. The van der Waals surface area contributed by atoms with Crippen molar-refractivity contribution in [1.82, 2.24) is 36.9 Å². The normalized spacial score (nSPS) is 19.0. The van der Waals surface area contributed by atoms with Gasteiger partial charge in [-0.1, -0.05) is 204 Å². The molecule has 4 aromatic rings. The minimum Gasteiger partial charge on any atom is -0.481 e. The molecule has 554 valence electrons. The fraction of sp³-hybridized carbons (Fsp3) is 0.587. The Morgan fingerprint density at radius 2 is 0.687 bits per heavy atom. The van der Waals surface area contributed by atoms with Gasteiger partial charge in [-0.05, 0) is 136 Å². The van der Waals surface area contributed by atoms with Crippen molar-refractivity contribution in [3.63, 3.8) is 0 Å². The maximum Gasteiger partial charge on any atom is 0.331 e. The predicted molar refractivity (Wildman–Crippen MR) is 403 cm³/mol. The average molecular weight is 1430 g/mol. The van der Waals surface area contributed by atoms with Gasteiger partial charge in [-0.2, -0.15) is 0 Å². The molecule has 5 amide bonds. The van der Waals surface area contributed by atoms with Crippen LogP contribution in [0.2, 0.25) is 54.4 Å². The van der Waals surface area contributed by atoms with Gasteiger partial charge in [-0.3, -0.25) is 65.7 Å². The number of rotatable bonds is 22. The highest BCUT2D eigenvalue weighted by Crippen LogP contribution is 2.40. The number of hydrazine groups is 3. The summed E-state index contributed by atoms with van der Waals surface area (Å²) in [6.07, 6.45) is 4.02. The number of nitrogens with zero attached hydrogens (tertiary/aromatic N) is 2. The first-order chi connectivity index (χ1) is 45.9. The highest BCUT2D eigenvalue weighted by atomic mass is 28.4. The molecular weight excluding hydrogens is 1300 g/mol. The first-order valence-corrected chi connectivity index (χ1v) is 43.7. The third-order valence-corrected chi connectivity index (χ3v) is 32.8. The number of hydrogen-bond acceptors (Lipinski definition) is 14. The summed E-state index contributed by atoms with van der Waals surface area (Å²) in [5.41, 5.74) is 23.1. The molecule has 0 heterocycles. The van der Waals surface area contributed by atoms with E-state index in [2.05, 4.69) is 236 Å². The van der Waals surface area contributed by atoms with E-state index in [1.165, 1.54) is 28.7 Å². The average Bonchev–Trinajstić information content (AvgIpc) is 0.823. The number of hydrogen-bond donors (Lipinski definition) is 9. The van der Waals surface area contributed by atoms with E-state index in [1.54, 1.807) is 20.8 Å². The Hall–Kier alpha value is -6.46. The monoisotopic (exact) mass is 1430 g/mol. The number of carbonyl (C=O) groups is 7. The predicted octanol–water partition coefficient (Wildman–Crippen LogP) is 12.8. The molecule has 11 N–H and O–H groups in total. The van der Waals surface area contributed by atoms with Gasteiger partial charge in [0, 0.05) is 69.0 Å². The van der Waals surface area contributed by atoms with Crippen LogP contribution in [0.3, 0.4) is 0 Å². The minimum atomic E-state index is -2.07. The molecule has 24 heteroatoms. The molecule has 0 bridgehead atoms. The first kappa shape index (κ1) is 88.6. The number of nitrogens with two attached hydrogens (primary N) is 2. The van der Waals surface area contributed by atoms with E-state index in [0.717, 1.165) is 58.8 Å². The fourth-order valence-corrected chi connectivity index (χ4v) is 13.8. The van der Waals surface area contributed by atoms with Crippen molar-refractivity contribution in [3.05, 3.63) is 144 Å². The molecule has 99 heavy (non-hydrogen) atoms. The van der Waals surface area contributed by atoms with Crippen molar-refractivity contribution < 1.29 is 57.1 Å². The van der Waals surface area contributed by atoms with Crippen molar-refractivity contribution in [2.45, 2.75) is 266 Å². The van der Waals surface area contributed by atoms with Crippen LogP contribution in [0.15, 0.2) is 121 Å². The lowest BCUT2D eigenvalue weighted by Gasteiger charge is -2.42. The van der Waals surface area contributed by atoms with Gasteiger partial charge in [0.1, 0.15) is 18.3 Å². The van der Waals surface area contributed by atoms with E-state index in [9.17, 15) is 28.8 Å². The molecule has 4 aromatic carbocycles. The molecule has 0 spiro atoms. The standard InChI is InChI=1S/C28H41N3O3Si.C19H23N3O.C14H29N3O3Si.C9H20O3Si.C3H8.C2H4O2/c1-21(34-35(5,6)28(2,3)4)26(32)29-30-27(33)24-17-25(18-24)31(19-22-13-9-7-10-14-22)20-23-15-11-8-12-16-23;20-21-19(23)17-11-18(12-17)22(13-15-7-3-1-4-8-15)14-16-9-5-2-6-10-16;1-9(20-21(5,6)14(2,3)4)12(18)16-17-13(19)10-7-11(15)8-10;1-7(8(10)11)12-13(5,6)9(2,3)4;1-3-2;1-2(3)4/h7-16,21,24-25H,17-20H2,1-6H3,(H,29,32)(H,30,33);1-10,17-18H,11-14,20H2,(H,21,23);9-11H,7-8,15H2,1-6H3,(H,16,18)(H,17,19);7H,1-6H3,(H,10,11);3H2,1-2H3;1H3,(H,3,4)/t21-,24?,25?;;9-,10?,11?;7-;;/m0.00../s1. The van der Waals surface area contributed by atoms with Crippen LogP contribution in [-0.2, 0) is 73.0 Å². The van der Waals surface area contributed by atoms with Crippen LogP contribution < -0.4 is 38.7 Å². The second-order valence-electron chi connectivity index (χ2n) is 30.9. The van der Waals surface area contributed by atoms with Crippen molar-refractivity contribution in [2.24, 2.45) is 29.3 Å². The topological polar surface area (TPSA) is 306 Å². The number of carbonyl (C=O) groups excluding carboxylic acids is 5. The molecule has 21 nitrogen and oxygen atoms in total. The molecule has 3 saturated carbocycles. The third kappa shape index (κ3) is 32.0. The summed E-state index contributed by atoms with van der Waals surface area (Å²) < 4.78 is 17.7. The van der Waals surface area contributed by atoms with Gasteiger partial charge >= 0.3 is 5.97 Å². The fourth-order valence-electron chi connectivity index (χ4n) is 9.76. The second kappa shape index (κ2) is 41.5. The lowest BCUT2D eigenvalue weighted by molar-refractivity contribution is -0.144. The lowest BCUT2D eigenvalue weighted by Crippen LogP contribution is -2.55. The Morgan fingerprint density at radius 3 is 0.909 bits per heavy atom. The number of carboxylic acids is 2. The second-order valence-corrected chi connectivity index (χ2v) is 45.2. The zero-order valence-electron chi connectivity index (χ0n) is 63.5. The molecule has 3 fully saturated rings. The number of carboxylic acid groups (broad SMARTS) is 2. The molecule has 0 radical (unpaired) electrons. The van der Waals surface area contributed by atoms with Gasteiger partial charge in [-0.15, -0.1) is 0 Å². The number of benzene rings is 4. The van der Waals surface area contributed by atoms with Crippen LogP contribution >= 0.6 is 0 Å². The van der Waals surface area contributed by atoms with Crippen LogP contribution in [0.5, 0.6) is 0 Å². The SMILES string of the molecule is CC(=O)O.CCC.C[C@H](O[Si](C)(C)C(C)(C)C)C(=O)NNC(=O)C1CC(N(Cc2ccccc2)Cc2ccccc2)C1.C[C@H](O[Si](C)(C)C(C)(C)C)C(=O)NNC(=O)C1CC(N)C1.C[C@H](O[Si](C)(C)C(C)(C)C)C(=O)O.NNC(=O)C1CC(N(Cc2ccccc2)Cc2ccccc2)C1. The van der Waals surface area contributed by atoms with Gasteiger partial charge in [0.25, 0.3) is 17.8 Å². The Morgan fingerprint density at radius 1 is 0.455 bits per heavy atom. The molecule has 7 rings (SSSR count). The third-order valence-electron chi connectivity index (χ3n) is 19.1. The smallest absolute Gasteiger partial charge is 0.331 e.